The van der Waals surface area contributed by atoms with Gasteiger partial charge in [0.15, 0.2) is 5.56 Å². The zero-order chi connectivity index (χ0) is 8.36. The Labute approximate surface area is 72.4 Å². The predicted octanol–water partition coefficient (Wildman–Crippen LogP) is 1.59. The fourth-order valence-corrected chi connectivity index (χ4v) is 0.968. The summed E-state index contributed by atoms with van der Waals surface area (Å²) in [5.74, 6) is 0. The maximum absolute atomic E-state index is 11.5. The Bertz CT molecular complexity index is 190. The van der Waals surface area contributed by atoms with Gasteiger partial charge in [-0.05, 0) is 0 Å². The van der Waals surface area contributed by atoms with Gasteiger partial charge >= 0.3 is 10.5 Å². The second kappa shape index (κ2) is 3.92. The average molecular weight is 231 g/mol. The van der Waals surface area contributed by atoms with Crippen molar-refractivity contribution in [2.45, 2.75) is 10.4 Å². The molecule has 0 aliphatic carbocycles. The van der Waals surface area contributed by atoms with Crippen LogP contribution in [0.25, 0.3) is 0 Å². The molecule has 0 saturated carbocycles. The first-order chi connectivity index (χ1) is 4.33. The van der Waals surface area contributed by atoms with E-state index >= 15 is 0 Å². The van der Waals surface area contributed by atoms with Crippen molar-refractivity contribution in [1.82, 2.24) is 0 Å². The maximum Gasteiger partial charge on any atom is 0.439 e. The molecule has 0 saturated heterocycles. The lowest BCUT2D eigenvalue weighted by molar-refractivity contribution is 0.276. The van der Waals surface area contributed by atoms with Crippen LogP contribution in [-0.2, 0) is 14.7 Å². The van der Waals surface area contributed by atoms with Crippen LogP contribution in [0, 0.1) is 0 Å². The van der Waals surface area contributed by atoms with Gasteiger partial charge in [-0.25, -0.2) is 4.18 Å². The molecule has 0 amide bonds. The van der Waals surface area contributed by atoms with Gasteiger partial charge in [-0.15, -0.1) is 23.2 Å². The molecule has 8 heteroatoms. The van der Waals surface area contributed by atoms with Crippen LogP contribution in [0.4, 0.5) is 3.89 Å². The first-order valence-corrected chi connectivity index (χ1v) is 4.50. The van der Waals surface area contributed by atoms with Crippen LogP contribution in [0.3, 0.4) is 0 Å². The molecule has 0 aliphatic rings. The Morgan fingerprint density at radius 2 is 1.70 bits per heavy atom. The molecular weight excluding hydrogens is 229 g/mol. The molecule has 0 spiro atoms. The second-order valence-corrected chi connectivity index (χ2v) is 3.75. The van der Waals surface area contributed by atoms with E-state index in [1.54, 1.807) is 0 Å². The largest absolute Gasteiger partial charge is 0.439 e. The molecule has 1 unspecified atom stereocenters. The molecular formula is C2H2Cl3FO3S. The van der Waals surface area contributed by atoms with Crippen LogP contribution in [0.2, 0.25) is 0 Å². The van der Waals surface area contributed by atoms with Crippen LogP contribution >= 0.6 is 34.8 Å². The number of alkyl halides is 3. The van der Waals surface area contributed by atoms with Crippen molar-refractivity contribution in [2.24, 2.45) is 0 Å². The van der Waals surface area contributed by atoms with E-state index in [4.69, 9.17) is 34.8 Å². The van der Waals surface area contributed by atoms with Crippen molar-refractivity contribution < 1.29 is 16.5 Å². The predicted molar refractivity (Wildman–Crippen MR) is 36.2 cm³/mol. The fourth-order valence-electron chi connectivity index (χ4n) is 0.152. The van der Waals surface area contributed by atoms with E-state index in [1.807, 2.05) is 0 Å². The average Bonchev–Trinajstić information content (AvgIpc) is 1.60. The third-order valence-electron chi connectivity index (χ3n) is 0.405. The Morgan fingerprint density at radius 1 is 1.30 bits per heavy atom. The molecule has 0 bridgehead atoms. The van der Waals surface area contributed by atoms with Crippen LogP contribution in [0.15, 0.2) is 0 Å². The normalized spacial score (nSPS) is 15.7. The third kappa shape index (κ3) is 5.49. The topological polar surface area (TPSA) is 43.4 Å². The number of hydrogen-bond donors (Lipinski definition) is 0. The van der Waals surface area contributed by atoms with Crippen molar-refractivity contribution in [2.75, 3.05) is 0 Å². The van der Waals surface area contributed by atoms with Crippen LogP contribution in [0.5, 0.6) is 0 Å². The molecule has 1 atom stereocenters. The van der Waals surface area contributed by atoms with Crippen LogP contribution < -0.4 is 0 Å². The molecule has 3 nitrogen and oxygen atoms in total. The lowest BCUT2D eigenvalue weighted by Gasteiger charge is -2.05. The van der Waals surface area contributed by atoms with E-state index in [-0.39, 0.29) is 0 Å². The molecule has 0 aliphatic heterocycles. The summed E-state index contributed by atoms with van der Waals surface area (Å²) in [6.07, 6.45) is 0. The molecule has 0 rings (SSSR count). The zero-order valence-corrected chi connectivity index (χ0v) is 7.38. The minimum Gasteiger partial charge on any atom is -0.222 e. The maximum atomic E-state index is 11.5. The van der Waals surface area contributed by atoms with E-state index in [0.717, 1.165) is 0 Å². The quantitative estimate of drug-likeness (QED) is 0.547. The number of hydrogen-bond acceptors (Lipinski definition) is 3. The molecule has 0 aromatic carbocycles. The fraction of sp³-hybridized carbons (Fsp3) is 1.00. The highest BCUT2D eigenvalue weighted by Crippen LogP contribution is 2.17. The Morgan fingerprint density at radius 3 is 1.80 bits per heavy atom. The molecule has 0 fully saturated rings. The van der Waals surface area contributed by atoms with Crippen molar-refractivity contribution in [3.8, 4) is 0 Å². The van der Waals surface area contributed by atoms with Gasteiger partial charge in [0, 0.05) is 0 Å². The van der Waals surface area contributed by atoms with Gasteiger partial charge in [0.25, 0.3) is 0 Å². The summed E-state index contributed by atoms with van der Waals surface area (Å²) in [7, 11) is -5.07. The van der Waals surface area contributed by atoms with E-state index in [2.05, 4.69) is 4.18 Å². The number of halogens is 4. The molecule has 62 valence electrons. The molecule has 0 N–H and O–H groups in total. The summed E-state index contributed by atoms with van der Waals surface area (Å²) in [5.41, 5.74) is -1.60. The van der Waals surface area contributed by atoms with Gasteiger partial charge in [-0.1, -0.05) is 15.5 Å². The summed E-state index contributed by atoms with van der Waals surface area (Å²) in [6, 6.07) is 0. The zero-order valence-electron chi connectivity index (χ0n) is 4.30. The second-order valence-electron chi connectivity index (χ2n) is 1.17. The summed E-state index contributed by atoms with van der Waals surface area (Å²) >= 11 is 15.0. The van der Waals surface area contributed by atoms with Gasteiger partial charge in [-0.3, -0.25) is 0 Å². The summed E-state index contributed by atoms with van der Waals surface area (Å²) < 4.78 is 34.4. The number of rotatable bonds is 3. The molecule has 10 heavy (non-hydrogen) atoms. The van der Waals surface area contributed by atoms with E-state index < -0.39 is 20.9 Å². The molecule has 0 heterocycles. The van der Waals surface area contributed by atoms with Gasteiger partial charge in [-0.2, -0.15) is 8.42 Å². The Hall–Kier alpha value is 0.710. The van der Waals surface area contributed by atoms with Crippen LogP contribution in [0.1, 0.15) is 0 Å². The van der Waals surface area contributed by atoms with Crippen LogP contribution in [-0.4, -0.2) is 18.8 Å². The van der Waals surface area contributed by atoms with Gasteiger partial charge < -0.3 is 0 Å². The first-order valence-electron chi connectivity index (χ1n) is 1.88. The van der Waals surface area contributed by atoms with Crippen molar-refractivity contribution in [3.63, 3.8) is 0 Å². The lowest BCUT2D eigenvalue weighted by Crippen LogP contribution is -2.15. The van der Waals surface area contributed by atoms with Crippen molar-refractivity contribution in [3.05, 3.63) is 0 Å². The van der Waals surface area contributed by atoms with E-state index in [1.165, 1.54) is 0 Å². The highest BCUT2D eigenvalue weighted by molar-refractivity contribution is 7.81. The minimum atomic E-state index is -5.07. The van der Waals surface area contributed by atoms with Crippen molar-refractivity contribution >= 4 is 45.3 Å². The highest BCUT2D eigenvalue weighted by atomic mass is 35.5. The van der Waals surface area contributed by atoms with Gasteiger partial charge in [0.1, 0.15) is 4.84 Å². The lowest BCUT2D eigenvalue weighted by atomic mass is 10.8. The SMILES string of the molecule is O=S(=O)(F)OC(Cl)C(Cl)Cl. The molecule has 0 aromatic rings. The van der Waals surface area contributed by atoms with Gasteiger partial charge in [0.2, 0.25) is 0 Å². The summed E-state index contributed by atoms with van der Waals surface area (Å²) in [6.45, 7) is 0. The third-order valence-corrected chi connectivity index (χ3v) is 2.00. The first kappa shape index (κ1) is 10.7. The van der Waals surface area contributed by atoms with Crippen molar-refractivity contribution in [1.29, 1.82) is 0 Å². The molecule has 0 aromatic heterocycles. The Kier molecular flexibility index (Phi) is 4.20. The minimum absolute atomic E-state index is 1.30. The van der Waals surface area contributed by atoms with Gasteiger partial charge in [0.05, 0.1) is 0 Å². The highest BCUT2D eigenvalue weighted by Gasteiger charge is 2.21. The van der Waals surface area contributed by atoms with E-state index in [0.29, 0.717) is 0 Å². The monoisotopic (exact) mass is 230 g/mol. The molecule has 0 radical (unpaired) electrons. The summed E-state index contributed by atoms with van der Waals surface area (Å²) in [5, 5.41) is 0. The van der Waals surface area contributed by atoms with E-state index in [9.17, 15) is 12.3 Å². The Balaban J connectivity index is 3.93. The summed E-state index contributed by atoms with van der Waals surface area (Å²) in [4.78, 5) is -1.30. The standard InChI is InChI=1S/C2H2Cl3FO3S/c3-1(4)2(5)9-10(6,7)8/h1-2H. The smallest absolute Gasteiger partial charge is 0.222 e.